The van der Waals surface area contributed by atoms with Crippen LogP contribution in [0.1, 0.15) is 18.4 Å². The van der Waals surface area contributed by atoms with Gasteiger partial charge in [0, 0.05) is 25.2 Å². The molecule has 0 aliphatic carbocycles. The molecule has 5 nitrogen and oxygen atoms in total. The summed E-state index contributed by atoms with van der Waals surface area (Å²) in [6.45, 7) is 2.36. The van der Waals surface area contributed by atoms with Crippen molar-refractivity contribution in [3.63, 3.8) is 0 Å². The molecule has 182 valence electrons. The van der Waals surface area contributed by atoms with Gasteiger partial charge in [0.15, 0.2) is 17.4 Å². The second-order valence-corrected chi connectivity index (χ2v) is 9.91. The second-order valence-electron chi connectivity index (χ2n) is 8.03. The molecular weight excluding hydrogens is 491 g/mol. The minimum atomic E-state index is -0.953. The summed E-state index contributed by atoms with van der Waals surface area (Å²) in [5.74, 6) is -0.637. The summed E-state index contributed by atoms with van der Waals surface area (Å²) in [5.41, 5.74) is 4.48. The van der Waals surface area contributed by atoms with E-state index in [0.29, 0.717) is 12.6 Å². The Morgan fingerprint density at radius 2 is 1.88 bits per heavy atom. The van der Waals surface area contributed by atoms with Gasteiger partial charge in [-0.25, -0.2) is 13.8 Å². The molecule has 0 amide bonds. The lowest BCUT2D eigenvalue weighted by molar-refractivity contribution is 0.0546. The number of para-hydroxylation sites is 1. The molecule has 2 aromatic rings. The van der Waals surface area contributed by atoms with Crippen LogP contribution in [0.5, 0.6) is 5.75 Å². The number of piperidine rings is 1. The lowest BCUT2D eigenvalue weighted by Crippen LogP contribution is -2.48. The largest absolute Gasteiger partial charge is 0.491 e. The topological polar surface area (TPSA) is 48.3 Å². The molecule has 2 unspecified atom stereocenters. The van der Waals surface area contributed by atoms with Crippen LogP contribution in [0.2, 0.25) is 0 Å². The maximum absolute atomic E-state index is 13.2. The van der Waals surface area contributed by atoms with Crippen LogP contribution < -0.4 is 4.74 Å². The van der Waals surface area contributed by atoms with E-state index in [1.54, 1.807) is 0 Å². The molecule has 2 aromatic carbocycles. The molecule has 4 rings (SSSR count). The summed E-state index contributed by atoms with van der Waals surface area (Å²) in [6.07, 6.45) is 1.38. The number of ether oxygens (including phenoxy) is 1. The molecule has 1 fully saturated rings. The zero-order chi connectivity index (χ0) is 21.8. The predicted molar refractivity (Wildman–Crippen MR) is 135 cm³/mol. The molecule has 0 saturated carbocycles. The molecule has 33 heavy (non-hydrogen) atoms. The molecule has 2 atom stereocenters. The molecule has 0 aromatic heterocycles. The van der Waals surface area contributed by atoms with Crippen molar-refractivity contribution in [2.24, 2.45) is 4.99 Å². The van der Waals surface area contributed by atoms with Crippen LogP contribution >= 0.6 is 24.8 Å². The van der Waals surface area contributed by atoms with Gasteiger partial charge in [0.25, 0.3) is 0 Å². The van der Waals surface area contributed by atoms with Crippen molar-refractivity contribution in [3.8, 4) is 5.75 Å². The fourth-order valence-electron chi connectivity index (χ4n) is 4.02. The average molecular weight is 521 g/mol. The van der Waals surface area contributed by atoms with E-state index in [0.717, 1.165) is 49.5 Å². The highest BCUT2D eigenvalue weighted by atomic mass is 35.5. The molecule has 1 saturated heterocycles. The molecular formula is C23H30Cl2F2N3O2S+. The van der Waals surface area contributed by atoms with E-state index in [2.05, 4.69) is 45.0 Å². The first-order valence-electron chi connectivity index (χ1n) is 10.5. The van der Waals surface area contributed by atoms with Gasteiger partial charge >= 0.3 is 0 Å². The van der Waals surface area contributed by atoms with Crippen LogP contribution in [-0.2, 0) is 16.8 Å². The Kier molecular flexibility index (Phi) is 10.9. The number of aliphatic imine (C=N–C) groups is 1. The normalized spacial score (nSPS) is 19.4. The Morgan fingerprint density at radius 3 is 2.61 bits per heavy atom. The number of likely N-dealkylation sites (tertiary alicyclic amines) is 1. The molecule has 2 aliphatic rings. The molecule has 10 heteroatoms. The third-order valence-electron chi connectivity index (χ3n) is 5.85. The minimum Gasteiger partial charge on any atom is -0.491 e. The van der Waals surface area contributed by atoms with E-state index in [-0.39, 0.29) is 48.3 Å². The van der Waals surface area contributed by atoms with Crippen molar-refractivity contribution in [3.05, 3.63) is 59.7 Å². The van der Waals surface area contributed by atoms with E-state index < -0.39 is 17.7 Å². The number of halogens is 4. The maximum atomic E-state index is 13.2. The number of aliphatic hydroxyl groups excluding tert-OH is 1. The van der Waals surface area contributed by atoms with Gasteiger partial charge in [-0.2, -0.15) is 0 Å². The third-order valence-corrected chi connectivity index (χ3v) is 7.85. The van der Waals surface area contributed by atoms with Gasteiger partial charge in [-0.05, 0) is 44.1 Å². The number of aliphatic hydroxyl groups is 1. The summed E-state index contributed by atoms with van der Waals surface area (Å²) < 4.78 is 34.1. The Morgan fingerprint density at radius 1 is 1.15 bits per heavy atom. The van der Waals surface area contributed by atoms with Crippen molar-refractivity contribution in [2.45, 2.75) is 30.7 Å². The standard InChI is InChI=1S/C23H28F2N3O2S.2ClH/c1-27(31-15-17-4-2-3-5-23(17)26-16-31)18-8-10-28(11-9-18)13-19(29)14-30-20-6-7-21(24)22(25)12-20;;/h2-7,12,16,18-19,29H,8-11,13-15H2,1H3;2*1H/q+1;;. The molecule has 2 heterocycles. The summed E-state index contributed by atoms with van der Waals surface area (Å²) in [6, 6.07) is 12.2. The van der Waals surface area contributed by atoms with Crippen LogP contribution in [-0.4, -0.2) is 65.3 Å². The van der Waals surface area contributed by atoms with Crippen LogP contribution in [0.3, 0.4) is 0 Å². The molecule has 0 spiro atoms. The van der Waals surface area contributed by atoms with Crippen LogP contribution in [0.25, 0.3) is 0 Å². The van der Waals surface area contributed by atoms with Crippen molar-refractivity contribution in [1.29, 1.82) is 0 Å². The zero-order valence-corrected chi connectivity index (χ0v) is 20.9. The van der Waals surface area contributed by atoms with E-state index in [1.165, 1.54) is 11.6 Å². The van der Waals surface area contributed by atoms with Crippen LogP contribution in [0.4, 0.5) is 14.5 Å². The first kappa shape index (κ1) is 27.8. The van der Waals surface area contributed by atoms with E-state index in [1.807, 2.05) is 6.07 Å². The van der Waals surface area contributed by atoms with Gasteiger partial charge in [-0.15, -0.1) is 29.1 Å². The van der Waals surface area contributed by atoms with Crippen LogP contribution in [0.15, 0.2) is 47.5 Å². The Hall–Kier alpha value is -1.42. The van der Waals surface area contributed by atoms with Gasteiger partial charge in [0.2, 0.25) is 5.55 Å². The summed E-state index contributed by atoms with van der Waals surface area (Å²) in [7, 11) is 2.19. The first-order valence-corrected chi connectivity index (χ1v) is 11.9. The highest BCUT2D eigenvalue weighted by molar-refractivity contribution is 8.06. The monoisotopic (exact) mass is 520 g/mol. The smallest absolute Gasteiger partial charge is 0.231 e. The SMILES string of the molecule is CN(C1CCN(CC(O)COc2ccc(F)c(F)c2)CC1)[S+]1C=Nc2ccccc2C1.Cl.Cl. The summed E-state index contributed by atoms with van der Waals surface area (Å²) in [5, 5.41) is 10.3. The molecule has 2 aliphatic heterocycles. The van der Waals surface area contributed by atoms with Crippen LogP contribution in [0, 0.1) is 11.6 Å². The van der Waals surface area contributed by atoms with Gasteiger partial charge < -0.3 is 14.7 Å². The number of hydrogen-bond acceptors (Lipinski definition) is 5. The van der Waals surface area contributed by atoms with E-state index in [9.17, 15) is 13.9 Å². The van der Waals surface area contributed by atoms with E-state index >= 15 is 0 Å². The summed E-state index contributed by atoms with van der Waals surface area (Å²) >= 11 is -0.00183. The van der Waals surface area contributed by atoms with Crippen molar-refractivity contribution >= 4 is 47.1 Å². The minimum absolute atomic E-state index is 0. The fourth-order valence-corrected chi connectivity index (χ4v) is 5.83. The fraction of sp³-hybridized carbons (Fsp3) is 0.435. The number of β-amino-alcohol motifs (C(OH)–C–C–N with tert-alkyl or cyclic N) is 1. The van der Waals surface area contributed by atoms with Crippen molar-refractivity contribution < 1.29 is 18.6 Å². The lowest BCUT2D eigenvalue weighted by Gasteiger charge is -2.35. The number of fused-ring (bicyclic) bond motifs is 1. The Bertz CT molecular complexity index is 932. The van der Waals surface area contributed by atoms with Gasteiger partial charge in [0.05, 0.1) is 11.7 Å². The Labute approximate surface area is 209 Å². The zero-order valence-electron chi connectivity index (χ0n) is 18.4. The van der Waals surface area contributed by atoms with Gasteiger partial charge in [-0.3, -0.25) is 0 Å². The lowest BCUT2D eigenvalue weighted by atomic mass is 10.1. The van der Waals surface area contributed by atoms with Gasteiger partial charge in [-0.1, -0.05) is 18.2 Å². The maximum Gasteiger partial charge on any atom is 0.231 e. The number of hydrogen-bond donors (Lipinski definition) is 1. The molecule has 1 N–H and O–H groups in total. The molecule has 0 radical (unpaired) electrons. The quantitative estimate of drug-likeness (QED) is 0.551. The summed E-state index contributed by atoms with van der Waals surface area (Å²) in [4.78, 5) is 6.88. The third kappa shape index (κ3) is 7.28. The number of benzene rings is 2. The Balaban J connectivity index is 0.00000193. The predicted octanol–water partition coefficient (Wildman–Crippen LogP) is 4.35. The average Bonchev–Trinajstić information content (AvgIpc) is 2.79. The highest BCUT2D eigenvalue weighted by Crippen LogP contribution is 2.29. The molecule has 0 bridgehead atoms. The van der Waals surface area contributed by atoms with Crippen molar-refractivity contribution in [2.75, 3.05) is 33.3 Å². The number of nitrogens with zero attached hydrogens (tertiary/aromatic N) is 3. The van der Waals surface area contributed by atoms with Crippen molar-refractivity contribution in [1.82, 2.24) is 9.21 Å². The van der Waals surface area contributed by atoms with Gasteiger partial charge in [0.1, 0.15) is 29.5 Å². The highest BCUT2D eigenvalue weighted by Gasteiger charge is 2.35. The first-order chi connectivity index (χ1) is 15.0. The van der Waals surface area contributed by atoms with E-state index in [4.69, 9.17) is 4.74 Å². The second kappa shape index (κ2) is 12.9. The number of rotatable bonds is 7.